The fraction of sp³-hybridized carbons (Fsp3) is 0.571. The molecule has 0 bridgehead atoms. The van der Waals surface area contributed by atoms with Crippen LogP contribution in [0.25, 0.3) is 0 Å². The van der Waals surface area contributed by atoms with E-state index >= 15 is 0 Å². The van der Waals surface area contributed by atoms with Gasteiger partial charge >= 0.3 is 0 Å². The van der Waals surface area contributed by atoms with E-state index in [-0.39, 0.29) is 23.9 Å². The largest absolute Gasteiger partial charge is 0.346 e. The summed E-state index contributed by atoms with van der Waals surface area (Å²) in [5.41, 5.74) is 1.07. The summed E-state index contributed by atoms with van der Waals surface area (Å²) in [6.45, 7) is 8.37. The summed E-state index contributed by atoms with van der Waals surface area (Å²) in [4.78, 5) is 0. The summed E-state index contributed by atoms with van der Waals surface area (Å²) in [6.07, 6.45) is 0.0102. The molecule has 0 radical (unpaired) electrons. The molecular weight excluding hydrogens is 200 g/mol. The van der Waals surface area contributed by atoms with Crippen LogP contribution in [0.15, 0.2) is 30.3 Å². The molecule has 16 heavy (non-hydrogen) atoms. The molecule has 0 spiro atoms. The van der Waals surface area contributed by atoms with Crippen LogP contribution >= 0.6 is 0 Å². The van der Waals surface area contributed by atoms with E-state index in [9.17, 15) is 0 Å². The lowest BCUT2D eigenvalue weighted by Gasteiger charge is -2.22. The first-order valence-electron chi connectivity index (χ1n) is 5.89. The fourth-order valence-electron chi connectivity index (χ4n) is 1.92. The van der Waals surface area contributed by atoms with Crippen molar-refractivity contribution >= 4 is 0 Å². The molecule has 2 nitrogen and oxygen atoms in total. The lowest BCUT2D eigenvalue weighted by Crippen LogP contribution is -2.30. The van der Waals surface area contributed by atoms with E-state index in [1.807, 2.05) is 6.07 Å². The Labute approximate surface area is 97.6 Å². The van der Waals surface area contributed by atoms with Crippen LogP contribution in [0.4, 0.5) is 0 Å². The van der Waals surface area contributed by atoms with Gasteiger partial charge in [-0.05, 0) is 26.3 Å². The highest BCUT2D eigenvalue weighted by Gasteiger charge is 2.42. The summed E-state index contributed by atoms with van der Waals surface area (Å²) in [7, 11) is 0. The highest BCUT2D eigenvalue weighted by molar-refractivity contribution is 5.19. The average molecular weight is 220 g/mol. The number of rotatable bonds is 2. The minimum absolute atomic E-state index is 0.132. The van der Waals surface area contributed by atoms with Gasteiger partial charge in [0.2, 0.25) is 0 Å². The normalized spacial score (nSPS) is 30.2. The van der Waals surface area contributed by atoms with Crippen molar-refractivity contribution in [3.8, 4) is 0 Å². The van der Waals surface area contributed by atoms with Gasteiger partial charge in [0, 0.05) is 5.92 Å². The summed E-state index contributed by atoms with van der Waals surface area (Å²) in [6, 6.07) is 10.4. The SMILES string of the molecule is CC(c1ccccc1)C1OC(C)C(C)(C)O1. The lowest BCUT2D eigenvalue weighted by molar-refractivity contribution is -0.0930. The van der Waals surface area contributed by atoms with Crippen LogP contribution in [0.5, 0.6) is 0 Å². The van der Waals surface area contributed by atoms with Crippen LogP contribution in [0.3, 0.4) is 0 Å². The maximum Gasteiger partial charge on any atom is 0.165 e. The quantitative estimate of drug-likeness (QED) is 0.761. The van der Waals surface area contributed by atoms with Crippen molar-refractivity contribution in [2.75, 3.05) is 0 Å². The zero-order valence-corrected chi connectivity index (χ0v) is 10.4. The molecule has 88 valence electrons. The Morgan fingerprint density at radius 2 is 1.81 bits per heavy atom. The first-order valence-corrected chi connectivity index (χ1v) is 5.89. The van der Waals surface area contributed by atoms with Crippen LogP contribution < -0.4 is 0 Å². The van der Waals surface area contributed by atoms with Gasteiger partial charge in [0.05, 0.1) is 11.7 Å². The molecule has 0 aliphatic carbocycles. The Morgan fingerprint density at radius 3 is 2.31 bits per heavy atom. The third kappa shape index (κ3) is 2.13. The number of hydrogen-bond donors (Lipinski definition) is 0. The van der Waals surface area contributed by atoms with Crippen LogP contribution in [0.1, 0.15) is 39.2 Å². The number of hydrogen-bond acceptors (Lipinski definition) is 2. The van der Waals surface area contributed by atoms with Gasteiger partial charge in [-0.3, -0.25) is 0 Å². The monoisotopic (exact) mass is 220 g/mol. The van der Waals surface area contributed by atoms with E-state index < -0.39 is 0 Å². The molecule has 3 unspecified atom stereocenters. The maximum absolute atomic E-state index is 5.96. The zero-order chi connectivity index (χ0) is 11.8. The molecule has 2 rings (SSSR count). The molecule has 0 saturated carbocycles. The van der Waals surface area contributed by atoms with Crippen LogP contribution in [0, 0.1) is 0 Å². The highest BCUT2D eigenvalue weighted by Crippen LogP contribution is 2.35. The molecule has 0 N–H and O–H groups in total. The molecule has 3 atom stereocenters. The molecule has 1 aromatic carbocycles. The first kappa shape index (κ1) is 11.6. The summed E-state index contributed by atoms with van der Waals surface area (Å²) >= 11 is 0. The molecule has 1 fully saturated rings. The van der Waals surface area contributed by atoms with E-state index in [0.717, 1.165) is 0 Å². The van der Waals surface area contributed by atoms with Gasteiger partial charge in [0.15, 0.2) is 6.29 Å². The Balaban J connectivity index is 2.11. The van der Waals surface area contributed by atoms with Crippen LogP contribution in [0.2, 0.25) is 0 Å². The summed E-state index contributed by atoms with van der Waals surface area (Å²) in [5.74, 6) is 0.269. The Kier molecular flexibility index (Phi) is 3.04. The maximum atomic E-state index is 5.96. The van der Waals surface area contributed by atoms with Gasteiger partial charge in [0.1, 0.15) is 0 Å². The van der Waals surface area contributed by atoms with Crippen molar-refractivity contribution in [1.82, 2.24) is 0 Å². The second kappa shape index (κ2) is 4.19. The second-order valence-corrected chi connectivity index (χ2v) is 5.07. The van der Waals surface area contributed by atoms with Gasteiger partial charge in [-0.25, -0.2) is 0 Å². The predicted octanol–water partition coefficient (Wildman–Crippen LogP) is 3.33. The Hall–Kier alpha value is -0.860. The van der Waals surface area contributed by atoms with Gasteiger partial charge in [-0.1, -0.05) is 37.3 Å². The van der Waals surface area contributed by atoms with Gasteiger partial charge in [-0.15, -0.1) is 0 Å². The highest BCUT2D eigenvalue weighted by atomic mass is 16.7. The van der Waals surface area contributed by atoms with Crippen molar-refractivity contribution in [3.05, 3.63) is 35.9 Å². The Bertz CT molecular complexity index is 345. The van der Waals surface area contributed by atoms with Gasteiger partial charge in [0.25, 0.3) is 0 Å². The third-order valence-electron chi connectivity index (χ3n) is 3.47. The summed E-state index contributed by atoms with van der Waals surface area (Å²) in [5, 5.41) is 0. The molecular formula is C14H20O2. The van der Waals surface area contributed by atoms with Gasteiger partial charge < -0.3 is 9.47 Å². The molecule has 1 heterocycles. The third-order valence-corrected chi connectivity index (χ3v) is 3.47. The molecule has 1 aliphatic heterocycles. The van der Waals surface area contributed by atoms with Crippen molar-refractivity contribution in [3.63, 3.8) is 0 Å². The zero-order valence-electron chi connectivity index (χ0n) is 10.4. The molecule has 0 amide bonds. The molecule has 1 aliphatic rings. The van der Waals surface area contributed by atoms with Gasteiger partial charge in [-0.2, -0.15) is 0 Å². The van der Waals surface area contributed by atoms with E-state index in [0.29, 0.717) is 0 Å². The first-order chi connectivity index (χ1) is 7.50. The smallest absolute Gasteiger partial charge is 0.165 e. The second-order valence-electron chi connectivity index (χ2n) is 5.07. The van der Waals surface area contributed by atoms with Crippen LogP contribution in [-0.2, 0) is 9.47 Å². The fourth-order valence-corrected chi connectivity index (χ4v) is 1.92. The lowest BCUT2D eigenvalue weighted by atomic mass is 10.0. The average Bonchev–Trinajstić information content (AvgIpc) is 2.54. The van der Waals surface area contributed by atoms with Crippen molar-refractivity contribution < 1.29 is 9.47 Å². The van der Waals surface area contributed by atoms with Crippen LogP contribution in [-0.4, -0.2) is 18.0 Å². The van der Waals surface area contributed by atoms with E-state index in [2.05, 4.69) is 52.0 Å². The molecule has 0 aromatic heterocycles. The van der Waals surface area contributed by atoms with E-state index in [1.165, 1.54) is 5.56 Å². The Morgan fingerprint density at radius 1 is 1.19 bits per heavy atom. The van der Waals surface area contributed by atoms with Crippen molar-refractivity contribution in [2.45, 2.75) is 51.6 Å². The summed E-state index contributed by atoms with van der Waals surface area (Å²) < 4.78 is 11.8. The minimum atomic E-state index is -0.187. The standard InChI is InChI=1S/C14H20O2/c1-10(12-8-6-5-7-9-12)13-15-11(2)14(3,4)16-13/h5-11,13H,1-4H3. The molecule has 2 heteroatoms. The van der Waals surface area contributed by atoms with E-state index in [1.54, 1.807) is 0 Å². The topological polar surface area (TPSA) is 18.5 Å². The minimum Gasteiger partial charge on any atom is -0.346 e. The van der Waals surface area contributed by atoms with E-state index in [4.69, 9.17) is 9.47 Å². The molecule has 1 aromatic rings. The number of benzene rings is 1. The molecule has 1 saturated heterocycles. The van der Waals surface area contributed by atoms with Crippen molar-refractivity contribution in [1.29, 1.82) is 0 Å². The number of ether oxygens (including phenoxy) is 2. The predicted molar refractivity (Wildman–Crippen MR) is 64.4 cm³/mol. The van der Waals surface area contributed by atoms with Crippen molar-refractivity contribution in [2.24, 2.45) is 0 Å².